The van der Waals surface area contributed by atoms with Crippen molar-refractivity contribution >= 4 is 5.91 Å². The molecule has 0 spiro atoms. The van der Waals surface area contributed by atoms with E-state index >= 15 is 0 Å². The minimum atomic E-state index is -0.254. The van der Waals surface area contributed by atoms with E-state index in [1.54, 1.807) is 19.2 Å². The number of amides is 1. The van der Waals surface area contributed by atoms with E-state index < -0.39 is 0 Å². The molecule has 0 saturated carbocycles. The standard InChI is InChI=1S/C20H22N4O3/c1-26-17-5-3-14(4-6-17)18-7-8-19(27-18)20(25)22-12-15-11-16-13-21-9-2-10-24(16)23-15/h3-8,11,21H,2,9-10,12-13H2,1H3,(H,22,25). The van der Waals surface area contributed by atoms with Crippen molar-refractivity contribution in [2.24, 2.45) is 0 Å². The predicted octanol–water partition coefficient (Wildman–Crippen LogP) is 2.58. The Kier molecular flexibility index (Phi) is 4.93. The van der Waals surface area contributed by atoms with Gasteiger partial charge >= 0.3 is 0 Å². The lowest BCUT2D eigenvalue weighted by Gasteiger charge is -2.02. The summed E-state index contributed by atoms with van der Waals surface area (Å²) < 4.78 is 12.9. The highest BCUT2D eigenvalue weighted by Gasteiger charge is 2.14. The molecule has 1 aliphatic heterocycles. The van der Waals surface area contributed by atoms with Gasteiger partial charge in [0, 0.05) is 18.7 Å². The Hall–Kier alpha value is -3.06. The largest absolute Gasteiger partial charge is 0.497 e. The fraction of sp³-hybridized carbons (Fsp3) is 0.300. The fourth-order valence-electron chi connectivity index (χ4n) is 3.14. The fourth-order valence-corrected chi connectivity index (χ4v) is 3.14. The average Bonchev–Trinajstić information content (AvgIpc) is 3.29. The molecule has 2 N–H and O–H groups in total. The van der Waals surface area contributed by atoms with Crippen molar-refractivity contribution in [3.8, 4) is 17.1 Å². The Morgan fingerprint density at radius 2 is 2.15 bits per heavy atom. The van der Waals surface area contributed by atoms with Gasteiger partial charge in [0.2, 0.25) is 0 Å². The van der Waals surface area contributed by atoms with E-state index in [9.17, 15) is 4.79 Å². The van der Waals surface area contributed by atoms with Crippen LogP contribution in [0, 0.1) is 0 Å². The lowest BCUT2D eigenvalue weighted by molar-refractivity contribution is 0.0923. The van der Waals surface area contributed by atoms with Gasteiger partial charge in [0.25, 0.3) is 5.91 Å². The molecule has 1 aromatic carbocycles. The molecule has 0 atom stereocenters. The number of benzene rings is 1. The van der Waals surface area contributed by atoms with Crippen LogP contribution in [0.25, 0.3) is 11.3 Å². The summed E-state index contributed by atoms with van der Waals surface area (Å²) in [4.78, 5) is 12.4. The number of nitrogens with one attached hydrogen (secondary N) is 2. The van der Waals surface area contributed by atoms with Crippen molar-refractivity contribution in [1.82, 2.24) is 20.4 Å². The number of aromatic nitrogens is 2. The maximum absolute atomic E-state index is 12.4. The maximum Gasteiger partial charge on any atom is 0.287 e. The zero-order valence-electron chi connectivity index (χ0n) is 15.2. The first-order chi connectivity index (χ1) is 13.2. The van der Waals surface area contributed by atoms with Crippen molar-refractivity contribution in [2.45, 2.75) is 26.1 Å². The van der Waals surface area contributed by atoms with E-state index in [0.717, 1.165) is 48.8 Å². The quantitative estimate of drug-likeness (QED) is 0.725. The second-order valence-electron chi connectivity index (χ2n) is 6.46. The van der Waals surface area contributed by atoms with Crippen molar-refractivity contribution in [2.75, 3.05) is 13.7 Å². The van der Waals surface area contributed by atoms with Gasteiger partial charge < -0.3 is 19.8 Å². The maximum atomic E-state index is 12.4. The molecule has 140 valence electrons. The molecule has 0 fully saturated rings. The molecule has 1 amide bonds. The third kappa shape index (κ3) is 3.88. The van der Waals surface area contributed by atoms with E-state index in [-0.39, 0.29) is 11.7 Å². The van der Waals surface area contributed by atoms with Crippen LogP contribution in [-0.4, -0.2) is 29.3 Å². The van der Waals surface area contributed by atoms with E-state index in [4.69, 9.17) is 9.15 Å². The van der Waals surface area contributed by atoms with Crippen LogP contribution in [0.3, 0.4) is 0 Å². The van der Waals surface area contributed by atoms with Crippen LogP contribution < -0.4 is 15.4 Å². The molecule has 3 aromatic rings. The summed E-state index contributed by atoms with van der Waals surface area (Å²) in [6.45, 7) is 3.09. The summed E-state index contributed by atoms with van der Waals surface area (Å²) in [7, 11) is 1.62. The number of hydrogen-bond acceptors (Lipinski definition) is 5. The molecule has 0 bridgehead atoms. The third-order valence-electron chi connectivity index (χ3n) is 4.58. The molecular weight excluding hydrogens is 344 g/mol. The van der Waals surface area contributed by atoms with Crippen LogP contribution >= 0.6 is 0 Å². The van der Waals surface area contributed by atoms with Crippen molar-refractivity contribution in [3.63, 3.8) is 0 Å². The van der Waals surface area contributed by atoms with Crippen LogP contribution in [0.2, 0.25) is 0 Å². The summed E-state index contributed by atoms with van der Waals surface area (Å²) in [6, 6.07) is 13.0. The van der Waals surface area contributed by atoms with E-state index in [0.29, 0.717) is 12.3 Å². The first-order valence-electron chi connectivity index (χ1n) is 9.02. The van der Waals surface area contributed by atoms with Crippen LogP contribution in [0.5, 0.6) is 5.75 Å². The van der Waals surface area contributed by atoms with Crippen LogP contribution in [0.4, 0.5) is 0 Å². The number of rotatable bonds is 5. The van der Waals surface area contributed by atoms with E-state index in [2.05, 4.69) is 15.7 Å². The smallest absolute Gasteiger partial charge is 0.287 e. The Morgan fingerprint density at radius 1 is 1.30 bits per heavy atom. The van der Waals surface area contributed by atoms with Gasteiger partial charge in [-0.3, -0.25) is 9.48 Å². The number of furan rings is 1. The molecule has 2 aromatic heterocycles. The second kappa shape index (κ2) is 7.67. The van der Waals surface area contributed by atoms with Gasteiger partial charge in [-0.25, -0.2) is 0 Å². The van der Waals surface area contributed by atoms with Gasteiger partial charge in [0.15, 0.2) is 5.76 Å². The van der Waals surface area contributed by atoms with Gasteiger partial charge in [-0.15, -0.1) is 0 Å². The SMILES string of the molecule is COc1ccc(-c2ccc(C(=O)NCc3cc4n(n3)CCCNC4)o2)cc1. The van der Waals surface area contributed by atoms with Gasteiger partial charge in [-0.1, -0.05) is 0 Å². The first kappa shape index (κ1) is 17.4. The molecule has 4 rings (SSSR count). The number of fused-ring (bicyclic) bond motifs is 1. The summed E-state index contributed by atoms with van der Waals surface area (Å²) in [5.41, 5.74) is 2.89. The number of aryl methyl sites for hydroxylation is 1. The summed E-state index contributed by atoms with van der Waals surface area (Å²) in [5, 5.41) is 10.8. The molecule has 1 aliphatic rings. The lowest BCUT2D eigenvalue weighted by atomic mass is 10.2. The highest BCUT2D eigenvalue weighted by Crippen LogP contribution is 2.24. The van der Waals surface area contributed by atoms with E-state index in [1.807, 2.05) is 35.0 Å². The monoisotopic (exact) mass is 366 g/mol. The zero-order valence-corrected chi connectivity index (χ0v) is 15.2. The van der Waals surface area contributed by atoms with Crippen LogP contribution in [0.15, 0.2) is 46.9 Å². The highest BCUT2D eigenvalue weighted by molar-refractivity contribution is 5.92. The summed E-state index contributed by atoms with van der Waals surface area (Å²) in [5.74, 6) is 1.44. The van der Waals surface area contributed by atoms with Crippen molar-refractivity contribution in [3.05, 3.63) is 59.6 Å². The molecule has 7 nitrogen and oxygen atoms in total. The molecule has 0 saturated heterocycles. The van der Waals surface area contributed by atoms with Crippen molar-refractivity contribution in [1.29, 1.82) is 0 Å². The van der Waals surface area contributed by atoms with Crippen LogP contribution in [-0.2, 0) is 19.6 Å². The van der Waals surface area contributed by atoms with Crippen molar-refractivity contribution < 1.29 is 13.9 Å². The minimum Gasteiger partial charge on any atom is -0.497 e. The molecule has 7 heteroatoms. The Labute approximate surface area is 157 Å². The average molecular weight is 366 g/mol. The normalized spacial score (nSPS) is 13.7. The second-order valence-corrected chi connectivity index (χ2v) is 6.46. The van der Waals surface area contributed by atoms with Crippen LogP contribution in [0.1, 0.15) is 28.4 Å². The van der Waals surface area contributed by atoms with Gasteiger partial charge in [-0.2, -0.15) is 5.10 Å². The Bertz CT molecular complexity index is 904. The summed E-state index contributed by atoms with van der Waals surface area (Å²) in [6.07, 6.45) is 1.06. The number of nitrogens with zero attached hydrogens (tertiary/aromatic N) is 2. The van der Waals surface area contributed by atoms with E-state index in [1.165, 1.54) is 0 Å². The number of ether oxygens (including phenoxy) is 1. The third-order valence-corrected chi connectivity index (χ3v) is 4.58. The molecule has 0 unspecified atom stereocenters. The number of carbonyl (C=O) groups is 1. The predicted molar refractivity (Wildman–Crippen MR) is 100 cm³/mol. The summed E-state index contributed by atoms with van der Waals surface area (Å²) >= 11 is 0. The zero-order chi connectivity index (χ0) is 18.6. The number of methoxy groups -OCH3 is 1. The molecule has 0 aliphatic carbocycles. The topological polar surface area (TPSA) is 81.3 Å². The Morgan fingerprint density at radius 3 is 2.96 bits per heavy atom. The number of hydrogen-bond donors (Lipinski definition) is 2. The first-order valence-corrected chi connectivity index (χ1v) is 9.02. The highest BCUT2D eigenvalue weighted by atomic mass is 16.5. The lowest BCUT2D eigenvalue weighted by Crippen LogP contribution is -2.22. The molecule has 0 radical (unpaired) electrons. The van der Waals surface area contributed by atoms with Gasteiger partial charge in [0.1, 0.15) is 11.5 Å². The molecular formula is C20H22N4O3. The minimum absolute atomic E-state index is 0.254. The molecule has 3 heterocycles. The molecule has 27 heavy (non-hydrogen) atoms. The van der Waals surface area contributed by atoms with Gasteiger partial charge in [-0.05, 0) is 55.4 Å². The Balaban J connectivity index is 1.39. The van der Waals surface area contributed by atoms with Gasteiger partial charge in [0.05, 0.1) is 25.0 Å². The number of carbonyl (C=O) groups excluding carboxylic acids is 1.